The molecule has 0 bridgehead atoms. The number of benzene rings is 7. The Hall–Kier alpha value is -6.39. The summed E-state index contributed by atoms with van der Waals surface area (Å²) in [5.41, 5.74) is 9.47. The molecular formula is C43H27N3O. The highest BCUT2D eigenvalue weighted by Crippen LogP contribution is 2.51. The molecule has 8 aromatic rings. The van der Waals surface area contributed by atoms with Gasteiger partial charge in [-0.3, -0.25) is 0 Å². The standard InChI is InChI=1S/C43H27N3O/c1-4-13-28(14-5-1)33-25-26-38-39-35(33)22-12-23-36(39)37-24-11-21-34(40(37)47-38)31-19-10-20-32(27-31)43-45-41(29-15-6-2-7-16-29)44-42(46-43)30-17-8-3-9-18-30/h1-27H. The molecule has 0 saturated carbocycles. The van der Waals surface area contributed by atoms with Gasteiger partial charge >= 0.3 is 0 Å². The lowest BCUT2D eigenvalue weighted by molar-refractivity contribution is 0.489. The van der Waals surface area contributed by atoms with Gasteiger partial charge in [0, 0.05) is 33.2 Å². The van der Waals surface area contributed by atoms with E-state index in [1.54, 1.807) is 0 Å². The maximum atomic E-state index is 6.78. The van der Waals surface area contributed by atoms with Crippen LogP contribution >= 0.6 is 0 Å². The predicted octanol–water partition coefficient (Wildman–Crippen LogP) is 11.1. The van der Waals surface area contributed by atoms with Crippen LogP contribution in [0.4, 0.5) is 0 Å². The van der Waals surface area contributed by atoms with Crippen molar-refractivity contribution in [1.82, 2.24) is 15.0 Å². The van der Waals surface area contributed by atoms with Crippen molar-refractivity contribution in [1.29, 1.82) is 0 Å². The molecule has 1 aromatic heterocycles. The topological polar surface area (TPSA) is 47.9 Å². The molecule has 4 nitrogen and oxygen atoms in total. The molecule has 0 unspecified atom stereocenters. The van der Waals surface area contributed by atoms with Crippen molar-refractivity contribution in [2.45, 2.75) is 0 Å². The van der Waals surface area contributed by atoms with Crippen LogP contribution in [0.3, 0.4) is 0 Å². The largest absolute Gasteiger partial charge is 0.455 e. The normalized spacial score (nSPS) is 11.6. The number of ether oxygens (including phenoxy) is 1. The fraction of sp³-hybridized carbons (Fsp3) is 0. The number of para-hydroxylation sites is 1. The second-order valence-corrected chi connectivity index (χ2v) is 11.6. The smallest absolute Gasteiger partial charge is 0.164 e. The number of hydrogen-bond donors (Lipinski definition) is 0. The molecule has 0 spiro atoms. The SMILES string of the molecule is c1ccc(-c2nc(-c3ccccc3)nc(-c3cccc(-c4cccc5c4Oc4ccc(-c6ccccc6)c6cccc-5c46)c3)n2)cc1. The van der Waals surface area contributed by atoms with Crippen molar-refractivity contribution in [2.75, 3.05) is 0 Å². The lowest BCUT2D eigenvalue weighted by atomic mass is 9.88. The van der Waals surface area contributed by atoms with Crippen molar-refractivity contribution in [3.8, 4) is 79.0 Å². The number of hydrogen-bond acceptors (Lipinski definition) is 4. The second-order valence-electron chi connectivity index (χ2n) is 11.6. The lowest BCUT2D eigenvalue weighted by Crippen LogP contribution is -2.01. The minimum atomic E-state index is 0.619. The van der Waals surface area contributed by atoms with E-state index >= 15 is 0 Å². The van der Waals surface area contributed by atoms with Gasteiger partial charge in [-0.25, -0.2) is 15.0 Å². The highest BCUT2D eigenvalue weighted by molar-refractivity contribution is 6.10. The average molecular weight is 602 g/mol. The van der Waals surface area contributed by atoms with E-state index in [0.717, 1.165) is 50.3 Å². The summed E-state index contributed by atoms with van der Waals surface area (Å²) in [6, 6.07) is 56.2. The Morgan fingerprint density at radius 2 is 0.851 bits per heavy atom. The van der Waals surface area contributed by atoms with Crippen molar-refractivity contribution in [3.05, 3.63) is 164 Å². The maximum Gasteiger partial charge on any atom is 0.164 e. The summed E-state index contributed by atoms with van der Waals surface area (Å²) in [4.78, 5) is 14.8. The van der Waals surface area contributed by atoms with E-state index in [0.29, 0.717) is 17.5 Å². The third-order valence-corrected chi connectivity index (χ3v) is 8.74. The molecule has 2 heterocycles. The highest BCUT2D eigenvalue weighted by atomic mass is 16.5. The summed E-state index contributed by atoms with van der Waals surface area (Å²) in [6.45, 7) is 0. The molecule has 9 rings (SSSR count). The van der Waals surface area contributed by atoms with Gasteiger partial charge < -0.3 is 4.74 Å². The molecule has 7 aromatic carbocycles. The van der Waals surface area contributed by atoms with Gasteiger partial charge in [-0.2, -0.15) is 0 Å². The first-order valence-corrected chi connectivity index (χ1v) is 15.7. The number of fused-ring (bicyclic) bond motifs is 2. The maximum absolute atomic E-state index is 6.78. The molecule has 1 aliphatic heterocycles. The molecule has 0 aliphatic carbocycles. The molecule has 0 atom stereocenters. The van der Waals surface area contributed by atoms with E-state index < -0.39 is 0 Å². The fourth-order valence-electron chi connectivity index (χ4n) is 6.51. The van der Waals surface area contributed by atoms with Gasteiger partial charge in [-0.15, -0.1) is 0 Å². The van der Waals surface area contributed by atoms with Gasteiger partial charge in [-0.1, -0.05) is 152 Å². The Balaban J connectivity index is 1.17. The minimum absolute atomic E-state index is 0.619. The van der Waals surface area contributed by atoms with Crippen LogP contribution in [0.25, 0.3) is 78.3 Å². The Kier molecular flexibility index (Phi) is 6.43. The van der Waals surface area contributed by atoms with Gasteiger partial charge in [0.15, 0.2) is 17.5 Å². The van der Waals surface area contributed by atoms with Crippen LogP contribution in [-0.2, 0) is 0 Å². The van der Waals surface area contributed by atoms with Crippen LogP contribution < -0.4 is 4.74 Å². The number of aromatic nitrogens is 3. The molecule has 0 radical (unpaired) electrons. The van der Waals surface area contributed by atoms with Gasteiger partial charge in [0.25, 0.3) is 0 Å². The first-order valence-electron chi connectivity index (χ1n) is 15.7. The van der Waals surface area contributed by atoms with E-state index in [1.165, 1.54) is 22.1 Å². The summed E-state index contributed by atoms with van der Waals surface area (Å²) in [6.07, 6.45) is 0. The first kappa shape index (κ1) is 27.0. The zero-order chi connectivity index (χ0) is 31.2. The fourth-order valence-corrected chi connectivity index (χ4v) is 6.51. The summed E-state index contributed by atoms with van der Waals surface area (Å²) in [5, 5.41) is 2.32. The van der Waals surface area contributed by atoms with E-state index in [2.05, 4.69) is 103 Å². The van der Waals surface area contributed by atoms with Crippen molar-refractivity contribution in [2.24, 2.45) is 0 Å². The van der Waals surface area contributed by atoms with Crippen LogP contribution in [0.5, 0.6) is 11.5 Å². The molecule has 0 saturated heterocycles. The molecule has 0 fully saturated rings. The molecule has 4 heteroatoms. The van der Waals surface area contributed by atoms with E-state index in [4.69, 9.17) is 19.7 Å². The Labute approximate surface area is 272 Å². The van der Waals surface area contributed by atoms with Gasteiger partial charge in [0.2, 0.25) is 0 Å². The van der Waals surface area contributed by atoms with E-state index in [9.17, 15) is 0 Å². The Morgan fingerprint density at radius 1 is 0.340 bits per heavy atom. The minimum Gasteiger partial charge on any atom is -0.455 e. The summed E-state index contributed by atoms with van der Waals surface area (Å²) < 4.78 is 6.78. The lowest BCUT2D eigenvalue weighted by Gasteiger charge is -2.24. The Morgan fingerprint density at radius 3 is 1.53 bits per heavy atom. The van der Waals surface area contributed by atoms with Crippen LogP contribution in [0.15, 0.2) is 164 Å². The van der Waals surface area contributed by atoms with Crippen molar-refractivity contribution < 1.29 is 4.74 Å². The van der Waals surface area contributed by atoms with Crippen molar-refractivity contribution >= 4 is 10.8 Å². The molecule has 47 heavy (non-hydrogen) atoms. The van der Waals surface area contributed by atoms with Gasteiger partial charge in [-0.05, 0) is 39.8 Å². The number of nitrogens with zero attached hydrogens (tertiary/aromatic N) is 3. The van der Waals surface area contributed by atoms with Gasteiger partial charge in [0.05, 0.1) is 0 Å². The number of rotatable bonds is 5. The highest BCUT2D eigenvalue weighted by Gasteiger charge is 2.24. The van der Waals surface area contributed by atoms with Crippen LogP contribution in [0.2, 0.25) is 0 Å². The van der Waals surface area contributed by atoms with E-state index in [1.807, 2.05) is 60.7 Å². The summed E-state index contributed by atoms with van der Waals surface area (Å²) in [5.74, 6) is 3.61. The molecule has 0 amide bonds. The Bertz CT molecular complexity index is 2370. The average Bonchev–Trinajstić information content (AvgIpc) is 3.16. The third-order valence-electron chi connectivity index (χ3n) is 8.74. The predicted molar refractivity (Wildman–Crippen MR) is 190 cm³/mol. The zero-order valence-corrected chi connectivity index (χ0v) is 25.3. The van der Waals surface area contributed by atoms with Crippen LogP contribution in [0.1, 0.15) is 0 Å². The quantitative estimate of drug-likeness (QED) is 0.197. The second kappa shape index (κ2) is 11.2. The zero-order valence-electron chi connectivity index (χ0n) is 25.3. The first-order chi connectivity index (χ1) is 23.3. The molecule has 220 valence electrons. The molecular weight excluding hydrogens is 574 g/mol. The van der Waals surface area contributed by atoms with Crippen molar-refractivity contribution in [3.63, 3.8) is 0 Å². The van der Waals surface area contributed by atoms with Crippen LogP contribution in [0, 0.1) is 0 Å². The monoisotopic (exact) mass is 601 g/mol. The van der Waals surface area contributed by atoms with Crippen LogP contribution in [-0.4, -0.2) is 15.0 Å². The third kappa shape index (κ3) is 4.75. The summed E-state index contributed by atoms with van der Waals surface area (Å²) >= 11 is 0. The molecule has 0 N–H and O–H groups in total. The molecule has 1 aliphatic rings. The summed E-state index contributed by atoms with van der Waals surface area (Å²) in [7, 11) is 0. The van der Waals surface area contributed by atoms with Gasteiger partial charge in [0.1, 0.15) is 11.5 Å². The van der Waals surface area contributed by atoms with E-state index in [-0.39, 0.29) is 0 Å².